The smallest absolute Gasteiger partial charge is 0.256 e. The zero-order valence-electron chi connectivity index (χ0n) is 9.71. The van der Waals surface area contributed by atoms with Crippen LogP contribution in [-0.2, 0) is 18.5 Å². The number of aliphatic hydroxyl groups is 2. The fourth-order valence-corrected chi connectivity index (χ4v) is 1.51. The van der Waals surface area contributed by atoms with Gasteiger partial charge in [0.15, 0.2) is 0 Å². The van der Waals surface area contributed by atoms with E-state index in [9.17, 15) is 0 Å². The van der Waals surface area contributed by atoms with Gasteiger partial charge >= 0.3 is 0 Å². The molecule has 0 aliphatic carbocycles. The summed E-state index contributed by atoms with van der Waals surface area (Å²) in [6.07, 6.45) is 5.22. The molecule has 2 N–H and O–H groups in total. The third-order valence-corrected chi connectivity index (χ3v) is 2.49. The zero-order valence-corrected chi connectivity index (χ0v) is 10.6. The van der Waals surface area contributed by atoms with Crippen LogP contribution >= 0.6 is 8.38 Å². The van der Waals surface area contributed by atoms with Gasteiger partial charge in [-0.2, -0.15) is 0 Å². The first-order valence-corrected chi connectivity index (χ1v) is 6.42. The molecule has 0 aromatic rings. The van der Waals surface area contributed by atoms with Gasteiger partial charge in [-0.1, -0.05) is 0 Å². The first kappa shape index (κ1) is 16.8. The molecule has 100 valence electrons. The summed E-state index contributed by atoms with van der Waals surface area (Å²) in [6, 6.07) is 0. The first-order valence-electron chi connectivity index (χ1n) is 5.24. The molecule has 0 amide bonds. The van der Waals surface area contributed by atoms with Crippen LogP contribution < -0.4 is 0 Å². The zero-order chi connectivity index (χ0) is 12.8. The molecule has 0 aliphatic rings. The lowest BCUT2D eigenvalue weighted by molar-refractivity contribution is 0.0602. The lowest BCUT2D eigenvalue weighted by Gasteiger charge is -2.11. The summed E-state index contributed by atoms with van der Waals surface area (Å²) in [6.45, 7) is 1.93. The number of hydrogen-bond acceptors (Lipinski definition) is 6. The quantitative estimate of drug-likeness (QED) is 0.293. The highest BCUT2D eigenvalue weighted by Crippen LogP contribution is 2.35. The Morgan fingerprint density at radius 1 is 0.824 bits per heavy atom. The minimum Gasteiger partial charge on any atom is -0.394 e. The summed E-state index contributed by atoms with van der Waals surface area (Å²) < 4.78 is 20.5. The summed E-state index contributed by atoms with van der Waals surface area (Å²) in [5.74, 6) is 0. The topological polar surface area (TPSA) is 77.4 Å². The molecule has 0 atom stereocenters. The average molecular weight is 266 g/mol. The van der Waals surface area contributed by atoms with E-state index in [-0.39, 0.29) is 26.4 Å². The van der Waals surface area contributed by atoms with Crippen LogP contribution in [0, 0.1) is 12.1 Å². The summed E-state index contributed by atoms with van der Waals surface area (Å²) in [4.78, 5) is 0. The summed E-state index contributed by atoms with van der Waals surface area (Å²) in [5, 5.41) is 16.9. The van der Waals surface area contributed by atoms with Gasteiger partial charge in [0.2, 0.25) is 0 Å². The van der Waals surface area contributed by atoms with Crippen LogP contribution in [0.15, 0.2) is 0 Å². The molecule has 0 radical (unpaired) electrons. The third-order valence-electron chi connectivity index (χ3n) is 1.45. The van der Waals surface area contributed by atoms with Crippen molar-refractivity contribution in [3.8, 4) is 12.1 Å². The fraction of sp³-hybridized carbons (Fsp3) is 0.800. The molecular weight excluding hydrogens is 247 g/mol. The Bertz CT molecular complexity index is 182. The SMILES string of the molecule is C#CP(OCCOCCO)OCCOCCO. The van der Waals surface area contributed by atoms with Crippen molar-refractivity contribution < 1.29 is 28.7 Å². The van der Waals surface area contributed by atoms with E-state index in [2.05, 4.69) is 5.66 Å². The van der Waals surface area contributed by atoms with Crippen molar-refractivity contribution in [1.29, 1.82) is 0 Å². The van der Waals surface area contributed by atoms with Crippen molar-refractivity contribution in [3.63, 3.8) is 0 Å². The first-order chi connectivity index (χ1) is 8.35. The van der Waals surface area contributed by atoms with Crippen LogP contribution in [0.3, 0.4) is 0 Å². The lowest BCUT2D eigenvalue weighted by Crippen LogP contribution is -2.08. The molecular formula is C10H19O6P. The molecule has 0 rings (SSSR count). The Morgan fingerprint density at radius 3 is 1.65 bits per heavy atom. The molecule has 0 heterocycles. The predicted molar refractivity (Wildman–Crippen MR) is 63.5 cm³/mol. The highest BCUT2D eigenvalue weighted by atomic mass is 31.2. The van der Waals surface area contributed by atoms with Crippen molar-refractivity contribution >= 4 is 8.38 Å². The number of aliphatic hydroxyl groups excluding tert-OH is 2. The minimum absolute atomic E-state index is 0.0113. The molecule has 17 heavy (non-hydrogen) atoms. The Balaban J connectivity index is 3.34. The van der Waals surface area contributed by atoms with Gasteiger partial charge in [-0.3, -0.25) is 0 Å². The standard InChI is InChI=1S/C10H19O6P/c1-2-17(15-9-7-13-5-3-11)16-10-8-14-6-4-12/h1,11-12H,3-10H2. The summed E-state index contributed by atoms with van der Waals surface area (Å²) in [7, 11) is -1.36. The monoisotopic (exact) mass is 266 g/mol. The van der Waals surface area contributed by atoms with E-state index in [4.69, 9.17) is 35.2 Å². The molecule has 0 aromatic heterocycles. The van der Waals surface area contributed by atoms with Crippen molar-refractivity contribution in [2.24, 2.45) is 0 Å². The van der Waals surface area contributed by atoms with Crippen LogP contribution in [0.5, 0.6) is 0 Å². The van der Waals surface area contributed by atoms with Crippen molar-refractivity contribution in [2.45, 2.75) is 0 Å². The van der Waals surface area contributed by atoms with E-state index >= 15 is 0 Å². The number of rotatable bonds is 12. The molecule has 0 fully saturated rings. The summed E-state index contributed by atoms with van der Waals surface area (Å²) >= 11 is 0. The van der Waals surface area contributed by atoms with Crippen LogP contribution in [0.1, 0.15) is 0 Å². The number of hydrogen-bond donors (Lipinski definition) is 2. The Labute approximate surface area is 103 Å². The second-order valence-corrected chi connectivity index (χ2v) is 4.01. The van der Waals surface area contributed by atoms with Crippen molar-refractivity contribution in [1.82, 2.24) is 0 Å². The van der Waals surface area contributed by atoms with E-state index in [1.807, 2.05) is 0 Å². The second-order valence-electron chi connectivity index (χ2n) is 2.72. The van der Waals surface area contributed by atoms with E-state index in [0.717, 1.165) is 0 Å². The van der Waals surface area contributed by atoms with Crippen LogP contribution in [0.4, 0.5) is 0 Å². The molecule has 0 aliphatic heterocycles. The Kier molecular flexibility index (Phi) is 13.6. The molecule has 0 spiro atoms. The van der Waals surface area contributed by atoms with Crippen molar-refractivity contribution in [3.05, 3.63) is 0 Å². The van der Waals surface area contributed by atoms with Gasteiger partial charge in [0, 0.05) is 0 Å². The van der Waals surface area contributed by atoms with Crippen LogP contribution in [0.25, 0.3) is 0 Å². The highest BCUT2D eigenvalue weighted by Gasteiger charge is 2.06. The van der Waals surface area contributed by atoms with Crippen LogP contribution in [-0.4, -0.2) is 63.1 Å². The Morgan fingerprint density at radius 2 is 1.29 bits per heavy atom. The normalized spacial score (nSPS) is 10.7. The molecule has 0 saturated heterocycles. The van der Waals surface area contributed by atoms with Gasteiger partial charge < -0.3 is 28.7 Å². The van der Waals surface area contributed by atoms with E-state index in [0.29, 0.717) is 26.4 Å². The predicted octanol–water partition coefficient (Wildman–Crippen LogP) is -0.0600. The molecule has 0 bridgehead atoms. The minimum atomic E-state index is -1.36. The maximum absolute atomic E-state index is 8.46. The van der Waals surface area contributed by atoms with Gasteiger partial charge in [-0.25, -0.2) is 0 Å². The van der Waals surface area contributed by atoms with Gasteiger partial charge in [0.25, 0.3) is 8.38 Å². The second kappa shape index (κ2) is 13.8. The van der Waals surface area contributed by atoms with E-state index in [1.54, 1.807) is 0 Å². The maximum atomic E-state index is 8.46. The molecule has 0 unspecified atom stereocenters. The largest absolute Gasteiger partial charge is 0.394 e. The molecule has 0 aromatic carbocycles. The van der Waals surface area contributed by atoms with Crippen LogP contribution in [0.2, 0.25) is 0 Å². The molecule has 6 nitrogen and oxygen atoms in total. The molecule has 0 saturated carbocycles. The van der Waals surface area contributed by atoms with E-state index in [1.165, 1.54) is 0 Å². The number of ether oxygens (including phenoxy) is 2. The highest BCUT2D eigenvalue weighted by molar-refractivity contribution is 7.52. The summed E-state index contributed by atoms with van der Waals surface area (Å²) in [5.41, 5.74) is 2.39. The third kappa shape index (κ3) is 12.0. The van der Waals surface area contributed by atoms with Gasteiger partial charge in [-0.15, -0.1) is 6.42 Å². The number of terminal acetylenes is 1. The van der Waals surface area contributed by atoms with E-state index < -0.39 is 8.38 Å². The maximum Gasteiger partial charge on any atom is 0.256 e. The fourth-order valence-electron chi connectivity index (χ4n) is 0.803. The average Bonchev–Trinajstić information content (AvgIpc) is 2.36. The van der Waals surface area contributed by atoms with Crippen molar-refractivity contribution in [2.75, 3.05) is 52.9 Å². The Hall–Kier alpha value is -0.250. The lowest BCUT2D eigenvalue weighted by atomic mass is 10.7. The van der Waals surface area contributed by atoms with Gasteiger partial charge in [0.1, 0.15) is 0 Å². The van der Waals surface area contributed by atoms with Gasteiger partial charge in [0.05, 0.1) is 52.9 Å². The molecule has 7 heteroatoms. The van der Waals surface area contributed by atoms with Gasteiger partial charge in [-0.05, 0) is 5.66 Å².